The summed E-state index contributed by atoms with van der Waals surface area (Å²) in [4.78, 5) is 0. The van der Waals surface area contributed by atoms with Gasteiger partial charge >= 0.3 is 17.1 Å². The Bertz CT molecular complexity index is 571. The van der Waals surface area contributed by atoms with E-state index in [1.807, 2.05) is 0 Å². The smallest absolute Gasteiger partial charge is 0.512 e. The predicted octanol–water partition coefficient (Wildman–Crippen LogP) is 3.60. The maximum atomic E-state index is 6.25. The van der Waals surface area contributed by atoms with E-state index in [0.717, 1.165) is 6.42 Å². The van der Waals surface area contributed by atoms with E-state index in [4.69, 9.17) is 23.7 Å². The number of allylic oxidation sites excluding steroid dienone is 1. The molecule has 0 saturated heterocycles. The van der Waals surface area contributed by atoms with E-state index in [2.05, 4.69) is 48.6 Å². The molecule has 0 atom stereocenters. The van der Waals surface area contributed by atoms with Crippen molar-refractivity contribution in [3.8, 4) is 0 Å². The molecule has 0 fully saturated rings. The number of hydrogen-bond donors (Lipinski definition) is 0. The predicted molar refractivity (Wildman–Crippen MR) is 66.6 cm³/mol. The van der Waals surface area contributed by atoms with Crippen LogP contribution in [0.1, 0.15) is 11.1 Å². The zero-order chi connectivity index (χ0) is 12.7. The number of benzene rings is 2. The van der Waals surface area contributed by atoms with Crippen LogP contribution in [0.3, 0.4) is 0 Å². The average Bonchev–Trinajstić information content (AvgIpc) is 2.44. The minimum atomic E-state index is 0. The fraction of sp³-hybridized carbons (Fsp3) is 0.0667. The molecule has 0 aliphatic heterocycles. The zero-order valence-electron chi connectivity index (χ0n) is 9.57. The molecule has 1 aliphatic rings. The third kappa shape index (κ3) is 2.99. The molecule has 0 bridgehead atoms. The van der Waals surface area contributed by atoms with Crippen LogP contribution >= 0.6 is 0 Å². The zero-order valence-corrected chi connectivity index (χ0v) is 10.7. The monoisotopic (exact) mass is 274 g/mol. The Morgan fingerprint density at radius 1 is 0.889 bits per heavy atom. The quantitative estimate of drug-likeness (QED) is 0.544. The maximum absolute atomic E-state index is 6.25. The van der Waals surface area contributed by atoms with Gasteiger partial charge in [-0.1, -0.05) is 48.6 Å². The van der Waals surface area contributed by atoms with Crippen molar-refractivity contribution < 1.29 is 17.1 Å². The van der Waals surface area contributed by atoms with Gasteiger partial charge in [-0.2, -0.15) is 0 Å². The normalized spacial score (nSPS) is 10.0. The van der Waals surface area contributed by atoms with Gasteiger partial charge in [-0.05, 0) is 28.3 Å². The van der Waals surface area contributed by atoms with E-state index < -0.39 is 0 Å². The van der Waals surface area contributed by atoms with Crippen molar-refractivity contribution in [1.82, 2.24) is 0 Å². The standard InChI is InChI=1S/C13H10.2CN.Fe/c1-4-10-6-2-8-12-9-3-7-11(5-1)13(10)12;2*1-2;/h1-8H,9H2;;;/q;2*-1;+2. The van der Waals surface area contributed by atoms with Crippen molar-refractivity contribution in [2.75, 3.05) is 0 Å². The number of hydrogen-bond acceptors (Lipinski definition) is 2. The SMILES string of the molecule is C1=Cc2cccc3cccc(c23)C1.[C-]#N.[C-]#N.[Fe+2]. The Hall–Kier alpha value is -2.06. The first-order valence-electron chi connectivity index (χ1n) is 5.07. The molecular weight excluding hydrogens is 264 g/mol. The molecule has 0 aromatic heterocycles. The Labute approximate surface area is 118 Å². The second-order valence-corrected chi connectivity index (χ2v) is 3.47. The molecule has 0 heterocycles. The summed E-state index contributed by atoms with van der Waals surface area (Å²) >= 11 is 0. The van der Waals surface area contributed by atoms with E-state index in [-0.39, 0.29) is 17.1 Å². The van der Waals surface area contributed by atoms with Gasteiger partial charge in [-0.3, -0.25) is 0 Å². The van der Waals surface area contributed by atoms with E-state index in [1.165, 1.54) is 21.9 Å². The Kier molecular flexibility index (Phi) is 7.17. The number of rotatable bonds is 0. The van der Waals surface area contributed by atoms with E-state index in [0.29, 0.717) is 0 Å². The molecule has 0 radical (unpaired) electrons. The fourth-order valence-electron chi connectivity index (χ4n) is 2.07. The summed E-state index contributed by atoms with van der Waals surface area (Å²) in [7, 11) is 0. The molecule has 0 spiro atoms. The molecule has 18 heavy (non-hydrogen) atoms. The summed E-state index contributed by atoms with van der Waals surface area (Å²) in [6, 6.07) is 13.0. The van der Waals surface area contributed by atoms with Gasteiger partial charge in [0.15, 0.2) is 0 Å². The van der Waals surface area contributed by atoms with Gasteiger partial charge in [0.25, 0.3) is 0 Å². The van der Waals surface area contributed by atoms with Crippen LogP contribution in [-0.2, 0) is 23.5 Å². The molecule has 2 aromatic carbocycles. The van der Waals surface area contributed by atoms with E-state index in [9.17, 15) is 0 Å². The number of nitrogens with zero attached hydrogens (tertiary/aromatic N) is 2. The van der Waals surface area contributed by atoms with E-state index in [1.54, 1.807) is 0 Å². The summed E-state index contributed by atoms with van der Waals surface area (Å²) in [5.41, 5.74) is 2.81. The maximum Gasteiger partial charge on any atom is 2.00 e. The fourth-order valence-corrected chi connectivity index (χ4v) is 2.07. The molecule has 2 aromatic rings. The molecular formula is C15H10FeN2. The molecule has 3 heteroatoms. The van der Waals surface area contributed by atoms with Crippen LogP contribution in [-0.4, -0.2) is 0 Å². The van der Waals surface area contributed by atoms with Gasteiger partial charge in [0.2, 0.25) is 0 Å². The molecule has 88 valence electrons. The molecule has 0 N–H and O–H groups in total. The van der Waals surface area contributed by atoms with Gasteiger partial charge in [0.1, 0.15) is 0 Å². The Morgan fingerprint density at radius 2 is 1.50 bits per heavy atom. The van der Waals surface area contributed by atoms with Crippen molar-refractivity contribution in [1.29, 1.82) is 10.5 Å². The summed E-state index contributed by atoms with van der Waals surface area (Å²) in [5.74, 6) is 0. The van der Waals surface area contributed by atoms with Gasteiger partial charge in [0, 0.05) is 0 Å². The van der Waals surface area contributed by atoms with Crippen LogP contribution in [0.25, 0.3) is 16.8 Å². The van der Waals surface area contributed by atoms with Crippen molar-refractivity contribution in [2.24, 2.45) is 0 Å². The van der Waals surface area contributed by atoms with Crippen LogP contribution in [0.5, 0.6) is 0 Å². The third-order valence-electron chi connectivity index (χ3n) is 2.66. The first-order valence-corrected chi connectivity index (χ1v) is 5.07. The molecule has 1 aliphatic carbocycles. The Morgan fingerprint density at radius 3 is 2.17 bits per heavy atom. The minimum Gasteiger partial charge on any atom is -0.512 e. The molecule has 0 unspecified atom stereocenters. The second-order valence-electron chi connectivity index (χ2n) is 3.47. The molecule has 2 nitrogen and oxygen atoms in total. The largest absolute Gasteiger partial charge is 2.00 e. The van der Waals surface area contributed by atoms with Crippen LogP contribution in [0.4, 0.5) is 0 Å². The van der Waals surface area contributed by atoms with Crippen molar-refractivity contribution in [3.05, 3.63) is 66.7 Å². The molecule has 3 rings (SSSR count). The van der Waals surface area contributed by atoms with Crippen molar-refractivity contribution in [3.63, 3.8) is 0 Å². The summed E-state index contributed by atoms with van der Waals surface area (Å²) in [6.07, 6.45) is 5.53. The summed E-state index contributed by atoms with van der Waals surface area (Å²) in [6.45, 7) is 9.50. The van der Waals surface area contributed by atoms with Gasteiger partial charge in [-0.15, -0.1) is 0 Å². The first kappa shape index (κ1) is 15.9. The van der Waals surface area contributed by atoms with Gasteiger partial charge < -0.3 is 23.7 Å². The first-order chi connectivity index (χ1) is 8.45. The summed E-state index contributed by atoms with van der Waals surface area (Å²) in [5, 5.41) is 15.3. The molecule has 0 saturated carbocycles. The molecule has 0 amide bonds. The summed E-state index contributed by atoms with van der Waals surface area (Å²) < 4.78 is 0. The van der Waals surface area contributed by atoms with Crippen LogP contribution in [0.2, 0.25) is 0 Å². The van der Waals surface area contributed by atoms with E-state index >= 15 is 0 Å². The van der Waals surface area contributed by atoms with Crippen molar-refractivity contribution in [2.45, 2.75) is 6.42 Å². The second kappa shape index (κ2) is 8.09. The Balaban J connectivity index is 0.000000531. The topological polar surface area (TPSA) is 47.6 Å². The third-order valence-corrected chi connectivity index (χ3v) is 2.66. The van der Waals surface area contributed by atoms with Crippen LogP contribution in [0.15, 0.2) is 42.5 Å². The average molecular weight is 274 g/mol. The van der Waals surface area contributed by atoms with Crippen molar-refractivity contribution >= 4 is 16.8 Å². The van der Waals surface area contributed by atoms with Gasteiger partial charge in [0.05, 0.1) is 0 Å². The van der Waals surface area contributed by atoms with Crippen LogP contribution in [0, 0.1) is 23.7 Å². The minimum absolute atomic E-state index is 0. The van der Waals surface area contributed by atoms with Gasteiger partial charge in [-0.25, -0.2) is 0 Å². The van der Waals surface area contributed by atoms with Crippen LogP contribution < -0.4 is 0 Å².